The molecule has 9 heteroatoms. The van der Waals surface area contributed by atoms with E-state index in [-0.39, 0.29) is 25.6 Å². The number of carbonyl (C=O) groups is 4. The van der Waals surface area contributed by atoms with Gasteiger partial charge in [0.25, 0.3) is 0 Å². The first kappa shape index (κ1) is 26.2. The van der Waals surface area contributed by atoms with Crippen molar-refractivity contribution in [3.8, 4) is 0 Å². The van der Waals surface area contributed by atoms with Crippen LogP contribution in [0, 0.1) is 0 Å². The van der Waals surface area contributed by atoms with Crippen molar-refractivity contribution >= 4 is 24.0 Å². The minimum atomic E-state index is -1.26. The molecule has 1 aliphatic rings. The molecule has 1 aromatic rings. The fourth-order valence-corrected chi connectivity index (χ4v) is 3.41. The van der Waals surface area contributed by atoms with E-state index in [1.54, 1.807) is 45.0 Å². The lowest BCUT2D eigenvalue weighted by Gasteiger charge is -2.24. The Morgan fingerprint density at radius 2 is 1.64 bits per heavy atom. The molecule has 0 spiro atoms. The van der Waals surface area contributed by atoms with Gasteiger partial charge in [0.1, 0.15) is 24.4 Å². The SMILES string of the molecule is CC(C)(C)OC(=O)NC(CC(=O)OC1CCCCC1)C(=O)OCc1ccc(CC(=O)O)cc1. The second-order valence-electron chi connectivity index (χ2n) is 9.15. The van der Waals surface area contributed by atoms with Crippen molar-refractivity contribution in [3.05, 3.63) is 35.4 Å². The highest BCUT2D eigenvalue weighted by Gasteiger charge is 2.30. The van der Waals surface area contributed by atoms with Gasteiger partial charge < -0.3 is 24.6 Å². The van der Waals surface area contributed by atoms with Crippen molar-refractivity contribution in [2.24, 2.45) is 0 Å². The van der Waals surface area contributed by atoms with Crippen LogP contribution >= 0.6 is 0 Å². The van der Waals surface area contributed by atoms with Gasteiger partial charge in [0.15, 0.2) is 0 Å². The van der Waals surface area contributed by atoms with E-state index >= 15 is 0 Å². The van der Waals surface area contributed by atoms with Gasteiger partial charge in [-0.3, -0.25) is 9.59 Å². The maximum absolute atomic E-state index is 12.7. The second-order valence-corrected chi connectivity index (χ2v) is 9.15. The standard InChI is InChI=1S/C24H33NO8/c1-24(2,3)33-23(30)25-19(14-21(28)32-18-7-5-4-6-8-18)22(29)31-15-17-11-9-16(10-12-17)13-20(26)27/h9-12,18-19H,4-8,13-15H2,1-3H3,(H,25,30)(H,26,27). The molecule has 2 N–H and O–H groups in total. The second kappa shape index (κ2) is 12.2. The lowest BCUT2D eigenvalue weighted by molar-refractivity contribution is -0.157. The number of amides is 1. The number of hydrogen-bond donors (Lipinski definition) is 2. The number of nitrogens with one attached hydrogen (secondary N) is 1. The number of esters is 2. The van der Waals surface area contributed by atoms with Crippen LogP contribution in [0.4, 0.5) is 4.79 Å². The minimum absolute atomic E-state index is 0.101. The van der Waals surface area contributed by atoms with Crippen molar-refractivity contribution in [3.63, 3.8) is 0 Å². The average molecular weight is 464 g/mol. The van der Waals surface area contributed by atoms with Crippen LogP contribution in [0.5, 0.6) is 0 Å². The zero-order chi connectivity index (χ0) is 24.4. The Balaban J connectivity index is 1.97. The molecule has 1 aliphatic carbocycles. The van der Waals surface area contributed by atoms with Gasteiger partial charge in [-0.05, 0) is 57.6 Å². The molecule has 1 aromatic carbocycles. The van der Waals surface area contributed by atoms with E-state index in [9.17, 15) is 19.2 Å². The molecule has 2 rings (SSSR count). The van der Waals surface area contributed by atoms with Crippen molar-refractivity contribution in [2.45, 2.75) is 90.1 Å². The van der Waals surface area contributed by atoms with E-state index in [0.29, 0.717) is 11.1 Å². The maximum atomic E-state index is 12.7. The van der Waals surface area contributed by atoms with Crippen LogP contribution in [0.2, 0.25) is 0 Å². The van der Waals surface area contributed by atoms with E-state index in [1.807, 2.05) is 0 Å². The van der Waals surface area contributed by atoms with Gasteiger partial charge in [-0.25, -0.2) is 9.59 Å². The summed E-state index contributed by atoms with van der Waals surface area (Å²) in [5, 5.41) is 11.2. The monoisotopic (exact) mass is 463 g/mol. The third-order valence-corrected chi connectivity index (χ3v) is 4.96. The van der Waals surface area contributed by atoms with Gasteiger partial charge in [0.2, 0.25) is 0 Å². The first-order chi connectivity index (χ1) is 15.5. The predicted molar refractivity (Wildman–Crippen MR) is 118 cm³/mol. The quantitative estimate of drug-likeness (QED) is 0.421. The molecule has 1 atom stereocenters. The Labute approximate surface area is 193 Å². The van der Waals surface area contributed by atoms with Gasteiger partial charge in [0.05, 0.1) is 12.8 Å². The summed E-state index contributed by atoms with van der Waals surface area (Å²) in [5.74, 6) is -2.32. The highest BCUT2D eigenvalue weighted by atomic mass is 16.6. The number of benzene rings is 1. The topological polar surface area (TPSA) is 128 Å². The number of carbonyl (C=O) groups excluding carboxylic acids is 3. The lowest BCUT2D eigenvalue weighted by atomic mass is 9.98. The first-order valence-corrected chi connectivity index (χ1v) is 11.2. The third kappa shape index (κ3) is 10.4. The van der Waals surface area contributed by atoms with Crippen molar-refractivity contribution < 1.29 is 38.5 Å². The fourth-order valence-electron chi connectivity index (χ4n) is 3.41. The molecule has 182 valence electrons. The van der Waals surface area contributed by atoms with Gasteiger partial charge in [-0.2, -0.15) is 0 Å². The number of ether oxygens (including phenoxy) is 3. The molecule has 1 fully saturated rings. The third-order valence-electron chi connectivity index (χ3n) is 4.96. The van der Waals surface area contributed by atoms with Crippen LogP contribution < -0.4 is 5.32 Å². The van der Waals surface area contributed by atoms with Crippen molar-refractivity contribution in [1.82, 2.24) is 5.32 Å². The van der Waals surface area contributed by atoms with Crippen LogP contribution in [-0.4, -0.2) is 46.9 Å². The van der Waals surface area contributed by atoms with Crippen molar-refractivity contribution in [2.75, 3.05) is 0 Å². The normalized spacial score (nSPS) is 15.2. The summed E-state index contributed by atoms with van der Waals surface area (Å²) in [7, 11) is 0. The highest BCUT2D eigenvalue weighted by Crippen LogP contribution is 2.21. The number of hydrogen-bond acceptors (Lipinski definition) is 7. The van der Waals surface area contributed by atoms with E-state index in [4.69, 9.17) is 19.3 Å². The molecule has 1 saturated carbocycles. The number of carboxylic acids is 1. The molecule has 0 saturated heterocycles. The Morgan fingerprint density at radius 1 is 1.03 bits per heavy atom. The molecule has 1 unspecified atom stereocenters. The first-order valence-electron chi connectivity index (χ1n) is 11.2. The molecule has 0 bridgehead atoms. The van der Waals surface area contributed by atoms with Crippen LogP contribution in [0.15, 0.2) is 24.3 Å². The van der Waals surface area contributed by atoms with E-state index in [1.165, 1.54) is 0 Å². The fraction of sp³-hybridized carbons (Fsp3) is 0.583. The summed E-state index contributed by atoms with van der Waals surface area (Å²) in [6, 6.07) is 5.31. The largest absolute Gasteiger partial charge is 0.481 e. The van der Waals surface area contributed by atoms with Crippen molar-refractivity contribution in [1.29, 1.82) is 0 Å². The predicted octanol–water partition coefficient (Wildman–Crippen LogP) is 3.52. The van der Waals surface area contributed by atoms with Gasteiger partial charge in [0, 0.05) is 0 Å². The molecule has 9 nitrogen and oxygen atoms in total. The lowest BCUT2D eigenvalue weighted by Crippen LogP contribution is -2.45. The summed E-state index contributed by atoms with van der Waals surface area (Å²) in [4.78, 5) is 48.1. The number of carboxylic acid groups (broad SMARTS) is 1. The summed E-state index contributed by atoms with van der Waals surface area (Å²) in [5.41, 5.74) is 0.476. The number of rotatable bonds is 9. The summed E-state index contributed by atoms with van der Waals surface area (Å²) < 4.78 is 16.0. The molecular formula is C24H33NO8. The zero-order valence-electron chi connectivity index (χ0n) is 19.4. The Bertz CT molecular complexity index is 822. The number of alkyl carbamates (subject to hydrolysis) is 1. The molecule has 0 aromatic heterocycles. The highest BCUT2D eigenvalue weighted by molar-refractivity contribution is 5.86. The van der Waals surface area contributed by atoms with Crippen LogP contribution in [0.25, 0.3) is 0 Å². The smallest absolute Gasteiger partial charge is 0.408 e. The van der Waals surface area contributed by atoms with E-state index < -0.39 is 35.6 Å². The van der Waals surface area contributed by atoms with Crippen LogP contribution in [-0.2, 0) is 41.6 Å². The Kier molecular flexibility index (Phi) is 9.69. The summed E-state index contributed by atoms with van der Waals surface area (Å²) >= 11 is 0. The molecule has 0 radical (unpaired) electrons. The molecule has 0 heterocycles. The molecular weight excluding hydrogens is 430 g/mol. The number of aliphatic carboxylic acids is 1. The Morgan fingerprint density at radius 3 is 2.21 bits per heavy atom. The zero-order valence-corrected chi connectivity index (χ0v) is 19.4. The summed E-state index contributed by atoms with van der Waals surface area (Å²) in [6.07, 6.45) is 3.19. The van der Waals surface area contributed by atoms with E-state index in [0.717, 1.165) is 32.1 Å². The molecule has 1 amide bonds. The average Bonchev–Trinajstić information content (AvgIpc) is 2.71. The summed E-state index contributed by atoms with van der Waals surface area (Å²) in [6.45, 7) is 4.96. The van der Waals surface area contributed by atoms with E-state index in [2.05, 4.69) is 5.32 Å². The van der Waals surface area contributed by atoms with Crippen LogP contribution in [0.1, 0.15) is 70.4 Å². The van der Waals surface area contributed by atoms with Crippen LogP contribution in [0.3, 0.4) is 0 Å². The molecule has 33 heavy (non-hydrogen) atoms. The minimum Gasteiger partial charge on any atom is -0.481 e. The van der Waals surface area contributed by atoms with Gasteiger partial charge in [-0.1, -0.05) is 30.7 Å². The molecule has 0 aliphatic heterocycles. The van der Waals surface area contributed by atoms with Gasteiger partial charge in [-0.15, -0.1) is 0 Å². The maximum Gasteiger partial charge on any atom is 0.408 e. The van der Waals surface area contributed by atoms with Gasteiger partial charge >= 0.3 is 24.0 Å². The Hall–Kier alpha value is -3.10.